The number of hydrogen-bond acceptors (Lipinski definition) is 1. The molecule has 0 saturated heterocycles. The molecule has 0 nitrogen and oxygen atoms in total. The van der Waals surface area contributed by atoms with E-state index in [9.17, 15) is 0 Å². The van der Waals surface area contributed by atoms with Crippen LogP contribution in [0.15, 0.2) is 22.6 Å². The van der Waals surface area contributed by atoms with Gasteiger partial charge in [0, 0.05) is 0 Å². The Morgan fingerprint density at radius 2 is 2.00 bits per heavy atom. The predicted molar refractivity (Wildman–Crippen MR) is 53.8 cm³/mol. The highest BCUT2D eigenvalue weighted by atomic mass is 32.2. The Kier molecular flexibility index (Phi) is 3.25. The fourth-order valence-electron chi connectivity index (χ4n) is 1.29. The third kappa shape index (κ3) is 2.41. The summed E-state index contributed by atoms with van der Waals surface area (Å²) in [4.78, 5) is 1.52. The number of thioether (sulfide) groups is 1. The van der Waals surface area contributed by atoms with Crippen LogP contribution in [0.5, 0.6) is 0 Å². The zero-order chi connectivity index (χ0) is 8.27. The predicted octanol–water partition coefficient (Wildman–Crippen LogP) is 3.61. The first-order valence-electron chi connectivity index (χ1n) is 4.17. The van der Waals surface area contributed by atoms with Gasteiger partial charge in [-0.3, -0.25) is 0 Å². The minimum Gasteiger partial charge on any atom is -0.134 e. The van der Waals surface area contributed by atoms with Crippen LogP contribution in [0.25, 0.3) is 0 Å². The summed E-state index contributed by atoms with van der Waals surface area (Å²) >= 11 is 1.88. The Balaban J connectivity index is 2.61. The van der Waals surface area contributed by atoms with Crippen LogP contribution in [0.2, 0.25) is 0 Å². The molecule has 1 heteroatoms. The van der Waals surface area contributed by atoms with Gasteiger partial charge in [0.15, 0.2) is 0 Å². The minimum atomic E-state index is 0.731. The lowest BCUT2D eigenvalue weighted by molar-refractivity contribution is 0.707. The largest absolute Gasteiger partial charge is 0.134 e. The molecule has 1 rings (SSSR count). The standard InChI is InChI=1S/C10H16S/c1-8(2)9-4-6-10(11-3)7-5-9/h4,6,8H,5,7H2,1-3H3. The Bertz CT molecular complexity index is 187. The van der Waals surface area contributed by atoms with Crippen molar-refractivity contribution in [2.75, 3.05) is 6.26 Å². The maximum Gasteiger partial charge on any atom is -0.0140 e. The molecule has 0 atom stereocenters. The van der Waals surface area contributed by atoms with E-state index in [4.69, 9.17) is 0 Å². The number of allylic oxidation sites excluding steroid dienone is 4. The lowest BCUT2D eigenvalue weighted by Crippen LogP contribution is -1.97. The third-order valence-corrected chi connectivity index (χ3v) is 3.01. The summed E-state index contributed by atoms with van der Waals surface area (Å²) in [5, 5.41) is 0. The topological polar surface area (TPSA) is 0 Å². The lowest BCUT2D eigenvalue weighted by Gasteiger charge is -2.15. The van der Waals surface area contributed by atoms with E-state index in [2.05, 4.69) is 32.3 Å². The lowest BCUT2D eigenvalue weighted by atomic mass is 9.95. The molecule has 0 bridgehead atoms. The summed E-state index contributed by atoms with van der Waals surface area (Å²) in [5.74, 6) is 0.731. The fourth-order valence-corrected chi connectivity index (χ4v) is 1.80. The van der Waals surface area contributed by atoms with Gasteiger partial charge in [0.1, 0.15) is 0 Å². The van der Waals surface area contributed by atoms with Crippen LogP contribution in [0, 0.1) is 5.92 Å². The smallest absolute Gasteiger partial charge is 0.0140 e. The number of hydrogen-bond donors (Lipinski definition) is 0. The van der Waals surface area contributed by atoms with Crippen LogP contribution < -0.4 is 0 Å². The van der Waals surface area contributed by atoms with Crippen LogP contribution in [0.4, 0.5) is 0 Å². The molecule has 0 aromatic carbocycles. The van der Waals surface area contributed by atoms with Crippen molar-refractivity contribution in [1.82, 2.24) is 0 Å². The van der Waals surface area contributed by atoms with Crippen molar-refractivity contribution < 1.29 is 0 Å². The second-order valence-electron chi connectivity index (χ2n) is 3.23. The van der Waals surface area contributed by atoms with E-state index < -0.39 is 0 Å². The van der Waals surface area contributed by atoms with Gasteiger partial charge in [0.2, 0.25) is 0 Å². The van der Waals surface area contributed by atoms with Crippen molar-refractivity contribution in [3.05, 3.63) is 22.6 Å². The van der Waals surface area contributed by atoms with E-state index in [0.717, 1.165) is 5.92 Å². The Morgan fingerprint density at radius 1 is 1.27 bits per heavy atom. The van der Waals surface area contributed by atoms with Crippen LogP contribution in [0.1, 0.15) is 26.7 Å². The van der Waals surface area contributed by atoms with Gasteiger partial charge in [-0.25, -0.2) is 0 Å². The molecule has 0 aromatic rings. The molecular formula is C10H16S. The summed E-state index contributed by atoms with van der Waals surface area (Å²) in [6, 6.07) is 0. The second kappa shape index (κ2) is 4.01. The first-order chi connectivity index (χ1) is 5.24. The van der Waals surface area contributed by atoms with Gasteiger partial charge in [-0.2, -0.15) is 0 Å². The first kappa shape index (κ1) is 8.92. The van der Waals surface area contributed by atoms with E-state index in [0.29, 0.717) is 0 Å². The molecule has 0 amide bonds. The monoisotopic (exact) mass is 168 g/mol. The first-order valence-corrected chi connectivity index (χ1v) is 5.40. The Labute approximate surface area is 73.8 Å². The molecule has 0 aliphatic heterocycles. The van der Waals surface area contributed by atoms with E-state index in [-0.39, 0.29) is 0 Å². The maximum absolute atomic E-state index is 2.29. The molecular weight excluding hydrogens is 152 g/mol. The molecule has 11 heavy (non-hydrogen) atoms. The van der Waals surface area contributed by atoms with Crippen molar-refractivity contribution in [1.29, 1.82) is 0 Å². The summed E-state index contributed by atoms with van der Waals surface area (Å²) in [5.41, 5.74) is 1.60. The number of rotatable bonds is 2. The highest BCUT2D eigenvalue weighted by molar-refractivity contribution is 8.02. The highest BCUT2D eigenvalue weighted by Gasteiger charge is 2.07. The van der Waals surface area contributed by atoms with Crippen LogP contribution in [-0.4, -0.2) is 6.26 Å². The van der Waals surface area contributed by atoms with Gasteiger partial charge < -0.3 is 0 Å². The molecule has 0 unspecified atom stereocenters. The molecule has 0 N–H and O–H groups in total. The summed E-state index contributed by atoms with van der Waals surface area (Å²) in [6.07, 6.45) is 9.24. The van der Waals surface area contributed by atoms with Crippen LogP contribution in [0.3, 0.4) is 0 Å². The van der Waals surface area contributed by atoms with E-state index in [1.165, 1.54) is 17.7 Å². The maximum atomic E-state index is 2.29. The normalized spacial score (nSPS) is 18.2. The molecule has 0 fully saturated rings. The molecule has 0 spiro atoms. The third-order valence-electron chi connectivity index (χ3n) is 2.15. The van der Waals surface area contributed by atoms with Crippen molar-refractivity contribution in [2.45, 2.75) is 26.7 Å². The van der Waals surface area contributed by atoms with Crippen LogP contribution >= 0.6 is 11.8 Å². The molecule has 0 radical (unpaired) electrons. The molecule has 62 valence electrons. The van der Waals surface area contributed by atoms with Gasteiger partial charge in [0.05, 0.1) is 0 Å². The molecule has 0 saturated carbocycles. The van der Waals surface area contributed by atoms with Crippen molar-refractivity contribution in [3.8, 4) is 0 Å². The van der Waals surface area contributed by atoms with Gasteiger partial charge in [-0.15, -0.1) is 11.8 Å². The van der Waals surface area contributed by atoms with E-state index in [1.54, 1.807) is 5.57 Å². The molecule has 0 aromatic heterocycles. The van der Waals surface area contributed by atoms with Crippen LogP contribution in [-0.2, 0) is 0 Å². The highest BCUT2D eigenvalue weighted by Crippen LogP contribution is 2.28. The molecule has 1 aliphatic rings. The summed E-state index contributed by atoms with van der Waals surface area (Å²) in [7, 11) is 0. The van der Waals surface area contributed by atoms with E-state index in [1.807, 2.05) is 11.8 Å². The quantitative estimate of drug-likeness (QED) is 0.607. The van der Waals surface area contributed by atoms with Crippen molar-refractivity contribution >= 4 is 11.8 Å². The zero-order valence-electron chi connectivity index (χ0n) is 7.55. The summed E-state index contributed by atoms with van der Waals surface area (Å²) < 4.78 is 0. The van der Waals surface area contributed by atoms with Crippen molar-refractivity contribution in [2.24, 2.45) is 5.92 Å². The van der Waals surface area contributed by atoms with Gasteiger partial charge in [-0.1, -0.05) is 31.6 Å². The average molecular weight is 168 g/mol. The molecule has 1 aliphatic carbocycles. The van der Waals surface area contributed by atoms with Gasteiger partial charge in [-0.05, 0) is 29.9 Å². The average Bonchev–Trinajstić information content (AvgIpc) is 2.05. The van der Waals surface area contributed by atoms with Gasteiger partial charge >= 0.3 is 0 Å². The van der Waals surface area contributed by atoms with E-state index >= 15 is 0 Å². The zero-order valence-corrected chi connectivity index (χ0v) is 8.37. The Hall–Kier alpha value is -0.170. The minimum absolute atomic E-state index is 0.731. The van der Waals surface area contributed by atoms with Crippen molar-refractivity contribution in [3.63, 3.8) is 0 Å². The van der Waals surface area contributed by atoms with Gasteiger partial charge in [0.25, 0.3) is 0 Å². The Morgan fingerprint density at radius 3 is 2.36 bits per heavy atom. The SMILES string of the molecule is CSC1=CC=C(C(C)C)CC1. The summed E-state index contributed by atoms with van der Waals surface area (Å²) in [6.45, 7) is 4.54. The molecule has 0 heterocycles. The fraction of sp³-hybridized carbons (Fsp3) is 0.600. The second-order valence-corrected chi connectivity index (χ2v) is 4.17.